The summed E-state index contributed by atoms with van der Waals surface area (Å²) in [5.41, 5.74) is 2.37. The number of benzene rings is 1. The number of aromatic hydroxyl groups is 1. The van der Waals surface area contributed by atoms with E-state index in [1.807, 2.05) is 6.07 Å². The zero-order valence-corrected chi connectivity index (χ0v) is 17.3. The molecule has 0 saturated heterocycles. The molecular weight excluding hydrogens is 320 g/mol. The van der Waals surface area contributed by atoms with E-state index in [1.165, 1.54) is 56.9 Å². The third-order valence-electron chi connectivity index (χ3n) is 6.30. The molecule has 0 radical (unpaired) electrons. The van der Waals surface area contributed by atoms with Gasteiger partial charge in [-0.25, -0.2) is 0 Å². The van der Waals surface area contributed by atoms with E-state index in [2.05, 4.69) is 32.9 Å². The molecule has 2 N–H and O–H groups in total. The summed E-state index contributed by atoms with van der Waals surface area (Å²) in [5.74, 6) is 0.730. The predicted molar refractivity (Wildman–Crippen MR) is 111 cm³/mol. The van der Waals surface area contributed by atoms with Crippen molar-refractivity contribution in [3.63, 3.8) is 0 Å². The van der Waals surface area contributed by atoms with E-state index < -0.39 is 0 Å². The largest absolute Gasteiger partial charge is 0.508 e. The molecule has 0 aromatic heterocycles. The number of aliphatic hydroxyl groups excluding tert-OH is 1. The molecule has 2 heteroatoms. The Kier molecular flexibility index (Phi) is 8.47. The monoisotopic (exact) mass is 360 g/mol. The molecular formula is C24H40O2. The van der Waals surface area contributed by atoms with Crippen molar-refractivity contribution >= 4 is 0 Å². The van der Waals surface area contributed by atoms with Crippen LogP contribution in [0.15, 0.2) is 18.2 Å². The first-order valence-electron chi connectivity index (χ1n) is 11.0. The Labute approximate surface area is 161 Å². The average Bonchev–Trinajstić information content (AvgIpc) is 2.61. The zero-order valence-electron chi connectivity index (χ0n) is 17.3. The van der Waals surface area contributed by atoms with Crippen LogP contribution in [-0.2, 0) is 5.41 Å². The molecule has 0 bridgehead atoms. The lowest BCUT2D eigenvalue weighted by Gasteiger charge is -2.29. The van der Waals surface area contributed by atoms with Crippen LogP contribution in [0.4, 0.5) is 0 Å². The van der Waals surface area contributed by atoms with Crippen LogP contribution < -0.4 is 0 Å². The summed E-state index contributed by atoms with van der Waals surface area (Å²) in [7, 11) is 0. The first kappa shape index (κ1) is 21.3. The van der Waals surface area contributed by atoms with E-state index in [0.717, 1.165) is 31.2 Å². The third kappa shape index (κ3) is 6.30. The minimum absolute atomic E-state index is 0.103. The molecule has 2 nitrogen and oxygen atoms in total. The molecule has 0 heterocycles. The Morgan fingerprint density at radius 1 is 1.00 bits per heavy atom. The first-order chi connectivity index (χ1) is 12.4. The van der Waals surface area contributed by atoms with Crippen molar-refractivity contribution in [2.45, 2.75) is 115 Å². The van der Waals surface area contributed by atoms with Crippen LogP contribution in [-0.4, -0.2) is 16.3 Å². The Morgan fingerprint density at radius 3 is 2.35 bits per heavy atom. The van der Waals surface area contributed by atoms with Gasteiger partial charge in [-0.2, -0.15) is 0 Å². The third-order valence-corrected chi connectivity index (χ3v) is 6.30. The van der Waals surface area contributed by atoms with Crippen LogP contribution in [0.1, 0.15) is 115 Å². The smallest absolute Gasteiger partial charge is 0.119 e. The first-order valence-corrected chi connectivity index (χ1v) is 11.0. The Morgan fingerprint density at radius 2 is 1.69 bits per heavy atom. The standard InChI is InChI=1S/C24H40O2/c1-4-5-6-7-8-9-10-16-24(2,3)20-14-15-22(23(26)18-20)19-12-11-13-21(25)17-19/h14-15,18-19,21,25-26H,4-13,16-17H2,1-3H3/t19-,21+/m1/s1. The van der Waals surface area contributed by atoms with Crippen LogP contribution in [0.5, 0.6) is 5.75 Å². The molecule has 1 aliphatic rings. The second kappa shape index (κ2) is 10.3. The van der Waals surface area contributed by atoms with Gasteiger partial charge in [0.1, 0.15) is 5.75 Å². The number of phenolic OH excluding ortho intramolecular Hbond substituents is 1. The molecule has 1 aromatic rings. The number of hydrogen-bond acceptors (Lipinski definition) is 2. The lowest BCUT2D eigenvalue weighted by atomic mass is 9.77. The summed E-state index contributed by atoms with van der Waals surface area (Å²) in [4.78, 5) is 0. The molecule has 148 valence electrons. The quantitative estimate of drug-likeness (QED) is 0.449. The molecule has 2 rings (SSSR count). The van der Waals surface area contributed by atoms with Gasteiger partial charge >= 0.3 is 0 Å². The summed E-state index contributed by atoms with van der Waals surface area (Å²) in [6.45, 7) is 6.85. The maximum Gasteiger partial charge on any atom is 0.119 e. The van der Waals surface area contributed by atoms with E-state index in [-0.39, 0.29) is 11.5 Å². The van der Waals surface area contributed by atoms with Crippen molar-refractivity contribution in [2.24, 2.45) is 0 Å². The summed E-state index contributed by atoms with van der Waals surface area (Å²) < 4.78 is 0. The fourth-order valence-corrected chi connectivity index (χ4v) is 4.42. The minimum atomic E-state index is -0.207. The molecule has 0 spiro atoms. The van der Waals surface area contributed by atoms with Crippen LogP contribution >= 0.6 is 0 Å². The molecule has 0 amide bonds. The fourth-order valence-electron chi connectivity index (χ4n) is 4.42. The molecule has 26 heavy (non-hydrogen) atoms. The van der Waals surface area contributed by atoms with Crippen LogP contribution in [0.2, 0.25) is 0 Å². The molecule has 0 aliphatic heterocycles. The second-order valence-corrected chi connectivity index (χ2v) is 9.05. The molecule has 1 aliphatic carbocycles. The highest BCUT2D eigenvalue weighted by Crippen LogP contribution is 2.40. The topological polar surface area (TPSA) is 40.5 Å². The van der Waals surface area contributed by atoms with E-state index in [0.29, 0.717) is 11.7 Å². The predicted octanol–water partition coefficient (Wildman–Crippen LogP) is 6.83. The summed E-state index contributed by atoms with van der Waals surface area (Å²) in [5, 5.41) is 20.5. The van der Waals surface area contributed by atoms with Gasteiger partial charge in [0, 0.05) is 0 Å². The van der Waals surface area contributed by atoms with Crippen molar-refractivity contribution in [2.75, 3.05) is 0 Å². The number of rotatable bonds is 10. The number of aliphatic hydroxyl groups is 1. The molecule has 2 atom stereocenters. The fraction of sp³-hybridized carbons (Fsp3) is 0.750. The van der Waals surface area contributed by atoms with Gasteiger partial charge in [-0.3, -0.25) is 0 Å². The average molecular weight is 361 g/mol. The van der Waals surface area contributed by atoms with E-state index in [4.69, 9.17) is 0 Å². The number of phenols is 1. The van der Waals surface area contributed by atoms with Gasteiger partial charge in [0.25, 0.3) is 0 Å². The number of hydrogen-bond donors (Lipinski definition) is 2. The zero-order chi connectivity index (χ0) is 19.0. The second-order valence-electron chi connectivity index (χ2n) is 9.05. The maximum absolute atomic E-state index is 10.6. The lowest BCUT2D eigenvalue weighted by Crippen LogP contribution is -2.19. The van der Waals surface area contributed by atoms with Gasteiger partial charge in [0.2, 0.25) is 0 Å². The lowest BCUT2D eigenvalue weighted by molar-refractivity contribution is 0.119. The molecule has 1 fully saturated rings. The van der Waals surface area contributed by atoms with Crippen molar-refractivity contribution < 1.29 is 10.2 Å². The highest BCUT2D eigenvalue weighted by Gasteiger charge is 2.26. The molecule has 0 unspecified atom stereocenters. The Bertz CT molecular complexity index is 535. The highest BCUT2D eigenvalue weighted by atomic mass is 16.3. The van der Waals surface area contributed by atoms with Crippen LogP contribution in [0, 0.1) is 0 Å². The van der Waals surface area contributed by atoms with Gasteiger partial charge in [-0.15, -0.1) is 0 Å². The summed E-state index contributed by atoms with van der Waals surface area (Å²) >= 11 is 0. The van der Waals surface area contributed by atoms with Crippen LogP contribution in [0.25, 0.3) is 0 Å². The minimum Gasteiger partial charge on any atom is -0.508 e. The van der Waals surface area contributed by atoms with E-state index >= 15 is 0 Å². The normalized spacial score (nSPS) is 21.1. The SMILES string of the molecule is CCCCCCCCCC(C)(C)c1ccc([C@@H]2CCC[C@H](O)C2)c(O)c1. The van der Waals surface area contributed by atoms with Gasteiger partial charge in [0.05, 0.1) is 6.10 Å². The number of unbranched alkanes of at least 4 members (excludes halogenated alkanes) is 6. The van der Waals surface area contributed by atoms with Crippen LogP contribution in [0.3, 0.4) is 0 Å². The van der Waals surface area contributed by atoms with Crippen molar-refractivity contribution in [3.8, 4) is 5.75 Å². The van der Waals surface area contributed by atoms with Gasteiger partial charge in [-0.1, -0.05) is 84.3 Å². The van der Waals surface area contributed by atoms with E-state index in [1.54, 1.807) is 0 Å². The summed E-state index contributed by atoms with van der Waals surface area (Å²) in [6, 6.07) is 6.30. The highest BCUT2D eigenvalue weighted by molar-refractivity contribution is 5.41. The van der Waals surface area contributed by atoms with Crippen molar-refractivity contribution in [3.05, 3.63) is 29.3 Å². The molecule has 1 saturated carbocycles. The van der Waals surface area contributed by atoms with E-state index in [9.17, 15) is 10.2 Å². The summed E-state index contributed by atoms with van der Waals surface area (Å²) in [6.07, 6.45) is 14.1. The molecule has 1 aromatic carbocycles. The van der Waals surface area contributed by atoms with Gasteiger partial charge in [0.15, 0.2) is 0 Å². The van der Waals surface area contributed by atoms with Crippen molar-refractivity contribution in [1.29, 1.82) is 0 Å². The Balaban J connectivity index is 1.87. The van der Waals surface area contributed by atoms with Gasteiger partial charge in [-0.05, 0) is 54.2 Å². The van der Waals surface area contributed by atoms with Crippen molar-refractivity contribution in [1.82, 2.24) is 0 Å². The van der Waals surface area contributed by atoms with Gasteiger partial charge < -0.3 is 10.2 Å². The maximum atomic E-state index is 10.6. The Hall–Kier alpha value is -1.02.